The molecule has 1 saturated carbocycles. The molecule has 0 amide bonds. The Labute approximate surface area is 148 Å². The Morgan fingerprint density at radius 3 is 2.54 bits per heavy atom. The van der Waals surface area contributed by atoms with Crippen molar-refractivity contribution in [3.63, 3.8) is 0 Å². The van der Waals surface area contributed by atoms with Crippen LogP contribution in [0.15, 0.2) is 23.0 Å². The second kappa shape index (κ2) is 6.22. The molecule has 0 unspecified atom stereocenters. The first-order valence-electron chi connectivity index (χ1n) is 8.03. The Morgan fingerprint density at radius 1 is 1.12 bits per heavy atom. The third-order valence-electron chi connectivity index (χ3n) is 4.66. The van der Waals surface area contributed by atoms with Crippen molar-refractivity contribution in [1.82, 2.24) is 20.2 Å². The molecule has 0 radical (unpaired) electrons. The third kappa shape index (κ3) is 2.72. The molecule has 1 aliphatic carbocycles. The van der Waals surface area contributed by atoms with E-state index in [1.54, 1.807) is 18.2 Å². The highest BCUT2D eigenvalue weighted by Gasteiger charge is 2.23. The van der Waals surface area contributed by atoms with Crippen LogP contribution in [0.3, 0.4) is 0 Å². The van der Waals surface area contributed by atoms with Crippen molar-refractivity contribution >= 4 is 34.2 Å². The van der Waals surface area contributed by atoms with Crippen molar-refractivity contribution in [2.24, 2.45) is 0 Å². The molecule has 2 aromatic heterocycles. The van der Waals surface area contributed by atoms with Gasteiger partial charge in [0.05, 0.1) is 5.69 Å². The van der Waals surface area contributed by atoms with Gasteiger partial charge in [-0.1, -0.05) is 42.1 Å². The molecule has 0 spiro atoms. The fraction of sp³-hybridized carbons (Fsp3) is 0.353. The van der Waals surface area contributed by atoms with Gasteiger partial charge in [0, 0.05) is 22.4 Å². The monoisotopic (exact) mass is 362 g/mol. The van der Waals surface area contributed by atoms with Gasteiger partial charge in [-0.3, -0.25) is 9.89 Å². The first kappa shape index (κ1) is 15.7. The number of aromatic nitrogens is 4. The molecule has 0 atom stereocenters. The number of aromatic amines is 2. The van der Waals surface area contributed by atoms with E-state index in [0.29, 0.717) is 39.2 Å². The van der Waals surface area contributed by atoms with Crippen LogP contribution in [-0.4, -0.2) is 20.2 Å². The van der Waals surface area contributed by atoms with Crippen LogP contribution in [-0.2, 0) is 6.42 Å². The molecular weight excluding hydrogens is 347 g/mol. The number of H-pyrrole nitrogens is 2. The summed E-state index contributed by atoms with van der Waals surface area (Å²) >= 11 is 12.5. The normalized spacial score (nSPS) is 15.4. The summed E-state index contributed by atoms with van der Waals surface area (Å²) in [6.45, 7) is 0. The summed E-state index contributed by atoms with van der Waals surface area (Å²) in [5, 5.41) is 8.32. The van der Waals surface area contributed by atoms with Crippen molar-refractivity contribution in [3.05, 3.63) is 55.7 Å². The van der Waals surface area contributed by atoms with E-state index in [-0.39, 0.29) is 5.56 Å². The van der Waals surface area contributed by atoms with Crippen LogP contribution in [0.5, 0.6) is 0 Å². The Balaban J connectivity index is 1.79. The Hall–Kier alpha value is -1.85. The molecule has 5 nitrogen and oxygen atoms in total. The number of rotatable bonds is 3. The van der Waals surface area contributed by atoms with Gasteiger partial charge in [0.2, 0.25) is 0 Å². The fourth-order valence-electron chi connectivity index (χ4n) is 3.43. The maximum Gasteiger partial charge on any atom is 0.279 e. The highest BCUT2D eigenvalue weighted by Crippen LogP contribution is 2.35. The summed E-state index contributed by atoms with van der Waals surface area (Å²) in [4.78, 5) is 19.8. The lowest BCUT2D eigenvalue weighted by Crippen LogP contribution is -2.13. The van der Waals surface area contributed by atoms with Crippen molar-refractivity contribution in [2.75, 3.05) is 0 Å². The summed E-state index contributed by atoms with van der Waals surface area (Å²) in [6, 6.07) is 5.35. The van der Waals surface area contributed by atoms with Crippen molar-refractivity contribution in [2.45, 2.75) is 38.0 Å². The lowest BCUT2D eigenvalue weighted by Gasteiger charge is -2.08. The minimum atomic E-state index is -0.237. The van der Waals surface area contributed by atoms with E-state index in [4.69, 9.17) is 23.2 Å². The van der Waals surface area contributed by atoms with E-state index < -0.39 is 0 Å². The van der Waals surface area contributed by atoms with Crippen LogP contribution >= 0.6 is 23.2 Å². The van der Waals surface area contributed by atoms with E-state index in [1.807, 2.05) is 0 Å². The first-order valence-corrected chi connectivity index (χ1v) is 8.79. The SMILES string of the molecule is O=c1[nH]c(Cc2c(Cl)cccc2Cl)nc2c(C3CCCC3)[nH]nc12. The van der Waals surface area contributed by atoms with Crippen LogP contribution in [0.2, 0.25) is 10.0 Å². The number of fused-ring (bicyclic) bond motifs is 1. The molecule has 1 aromatic carbocycles. The molecule has 0 saturated heterocycles. The summed E-state index contributed by atoms with van der Waals surface area (Å²) < 4.78 is 0. The lowest BCUT2D eigenvalue weighted by atomic mass is 10.0. The van der Waals surface area contributed by atoms with Crippen LogP contribution in [0.25, 0.3) is 11.0 Å². The molecule has 124 valence electrons. The highest BCUT2D eigenvalue weighted by atomic mass is 35.5. The molecule has 3 aromatic rings. The maximum atomic E-state index is 12.3. The van der Waals surface area contributed by atoms with Crippen molar-refractivity contribution in [3.8, 4) is 0 Å². The van der Waals surface area contributed by atoms with E-state index >= 15 is 0 Å². The second-order valence-corrected chi connectivity index (χ2v) is 7.02. The number of benzene rings is 1. The molecule has 1 aliphatic rings. The van der Waals surface area contributed by atoms with Gasteiger partial charge in [-0.05, 0) is 30.5 Å². The number of hydrogen-bond donors (Lipinski definition) is 2. The number of hydrogen-bond acceptors (Lipinski definition) is 3. The number of nitrogens with zero attached hydrogens (tertiary/aromatic N) is 2. The quantitative estimate of drug-likeness (QED) is 0.732. The average Bonchev–Trinajstić information content (AvgIpc) is 3.20. The van der Waals surface area contributed by atoms with E-state index in [0.717, 1.165) is 24.1 Å². The first-order chi connectivity index (χ1) is 11.6. The lowest BCUT2D eigenvalue weighted by molar-refractivity contribution is 0.696. The van der Waals surface area contributed by atoms with Gasteiger partial charge < -0.3 is 4.98 Å². The average molecular weight is 363 g/mol. The zero-order valence-electron chi connectivity index (χ0n) is 12.9. The maximum absolute atomic E-state index is 12.3. The smallest absolute Gasteiger partial charge is 0.279 e. The number of halogens is 2. The third-order valence-corrected chi connectivity index (χ3v) is 5.36. The zero-order valence-corrected chi connectivity index (χ0v) is 14.4. The van der Waals surface area contributed by atoms with Gasteiger partial charge in [0.25, 0.3) is 5.56 Å². The molecule has 0 bridgehead atoms. The molecule has 2 heterocycles. The fourth-order valence-corrected chi connectivity index (χ4v) is 3.96. The van der Waals surface area contributed by atoms with Crippen LogP contribution in [0.4, 0.5) is 0 Å². The number of nitrogens with one attached hydrogen (secondary N) is 2. The molecule has 2 N–H and O–H groups in total. The van der Waals surface area contributed by atoms with Gasteiger partial charge in [-0.15, -0.1) is 0 Å². The summed E-state index contributed by atoms with van der Waals surface area (Å²) in [6.07, 6.45) is 5.00. The highest BCUT2D eigenvalue weighted by molar-refractivity contribution is 6.36. The largest absolute Gasteiger partial charge is 0.308 e. The van der Waals surface area contributed by atoms with Crippen LogP contribution < -0.4 is 5.56 Å². The van der Waals surface area contributed by atoms with Gasteiger partial charge in [0.1, 0.15) is 11.3 Å². The predicted molar refractivity (Wildman–Crippen MR) is 95.0 cm³/mol. The van der Waals surface area contributed by atoms with E-state index in [1.165, 1.54) is 12.8 Å². The molecule has 24 heavy (non-hydrogen) atoms. The van der Waals surface area contributed by atoms with Gasteiger partial charge >= 0.3 is 0 Å². The van der Waals surface area contributed by atoms with Gasteiger partial charge in [0.15, 0.2) is 5.52 Å². The van der Waals surface area contributed by atoms with E-state index in [9.17, 15) is 4.79 Å². The topological polar surface area (TPSA) is 74.4 Å². The molecule has 1 fully saturated rings. The summed E-state index contributed by atoms with van der Waals surface area (Å²) in [5.74, 6) is 0.948. The van der Waals surface area contributed by atoms with Crippen LogP contribution in [0.1, 0.15) is 48.7 Å². The summed E-state index contributed by atoms with van der Waals surface area (Å²) in [7, 11) is 0. The Bertz CT molecular complexity index is 937. The molecule has 4 rings (SSSR count). The zero-order chi connectivity index (χ0) is 16.7. The Morgan fingerprint density at radius 2 is 1.83 bits per heavy atom. The van der Waals surface area contributed by atoms with Crippen LogP contribution in [0, 0.1) is 0 Å². The minimum Gasteiger partial charge on any atom is -0.308 e. The Kier molecular flexibility index (Phi) is 4.06. The predicted octanol–water partition coefficient (Wildman–Crippen LogP) is 4.20. The van der Waals surface area contributed by atoms with Gasteiger partial charge in [-0.25, -0.2) is 4.98 Å². The molecule has 7 heteroatoms. The molecule has 0 aliphatic heterocycles. The van der Waals surface area contributed by atoms with E-state index in [2.05, 4.69) is 20.2 Å². The van der Waals surface area contributed by atoms with Crippen molar-refractivity contribution < 1.29 is 0 Å². The minimum absolute atomic E-state index is 0.237. The standard InChI is InChI=1S/C17H16Cl2N4O/c18-11-6-3-7-12(19)10(11)8-13-20-15-14(9-4-1-2-5-9)22-23-16(15)17(24)21-13/h3,6-7,9H,1-2,4-5,8H2,(H,22,23)(H,20,21,24). The second-order valence-electron chi connectivity index (χ2n) is 6.21. The summed E-state index contributed by atoms with van der Waals surface area (Å²) in [5.41, 5.74) is 2.53. The molecular formula is C17H16Cl2N4O. The van der Waals surface area contributed by atoms with Crippen molar-refractivity contribution in [1.29, 1.82) is 0 Å². The van der Waals surface area contributed by atoms with Gasteiger partial charge in [-0.2, -0.15) is 5.10 Å².